The average Bonchev–Trinajstić information content (AvgIpc) is 2.67. The van der Waals surface area contributed by atoms with Crippen LogP contribution in [0, 0.1) is 12.7 Å². The van der Waals surface area contributed by atoms with E-state index in [2.05, 4.69) is 19.9 Å². The van der Waals surface area contributed by atoms with Crippen LogP contribution in [0.3, 0.4) is 0 Å². The molecule has 0 N–H and O–H groups in total. The van der Waals surface area contributed by atoms with Crippen molar-refractivity contribution in [2.45, 2.75) is 26.4 Å². The third-order valence-corrected chi connectivity index (χ3v) is 3.73. The van der Waals surface area contributed by atoms with Crippen molar-refractivity contribution in [3.63, 3.8) is 0 Å². The van der Waals surface area contributed by atoms with Crippen LogP contribution in [0.1, 0.15) is 19.0 Å². The van der Waals surface area contributed by atoms with Gasteiger partial charge in [0, 0.05) is 25.9 Å². The molecule has 2 aromatic heterocycles. The zero-order chi connectivity index (χ0) is 15.0. The minimum atomic E-state index is -0.447. The van der Waals surface area contributed by atoms with Crippen molar-refractivity contribution in [2.75, 3.05) is 24.6 Å². The van der Waals surface area contributed by atoms with Crippen molar-refractivity contribution in [1.29, 1.82) is 0 Å². The number of nitrogens with zero attached hydrogens (tertiary/aromatic N) is 4. The zero-order valence-electron chi connectivity index (χ0n) is 11.9. The Balaban J connectivity index is 2.15. The maximum atomic E-state index is 14.2. The Bertz CT molecular complexity index is 682. The van der Waals surface area contributed by atoms with Gasteiger partial charge in [-0.2, -0.15) is 4.98 Å². The number of hydrogen-bond acceptors (Lipinski definition) is 5. The summed E-state index contributed by atoms with van der Waals surface area (Å²) in [5.74, 6) is 0.172. The van der Waals surface area contributed by atoms with Gasteiger partial charge in [0.25, 0.3) is 0 Å². The highest BCUT2D eigenvalue weighted by atomic mass is 35.5. The van der Waals surface area contributed by atoms with Gasteiger partial charge in [0.15, 0.2) is 5.82 Å². The summed E-state index contributed by atoms with van der Waals surface area (Å²) in [5.41, 5.74) is 0.520. The highest BCUT2D eigenvalue weighted by molar-refractivity contribution is 6.28. The van der Waals surface area contributed by atoms with Crippen molar-refractivity contribution in [3.05, 3.63) is 23.0 Å². The molecule has 5 nitrogen and oxygen atoms in total. The maximum absolute atomic E-state index is 14.2. The summed E-state index contributed by atoms with van der Waals surface area (Å²) in [4.78, 5) is 14.4. The fourth-order valence-corrected chi connectivity index (χ4v) is 2.70. The lowest BCUT2D eigenvalue weighted by molar-refractivity contribution is 0.0820. The Morgan fingerprint density at radius 3 is 3.05 bits per heavy atom. The van der Waals surface area contributed by atoms with Gasteiger partial charge in [-0.1, -0.05) is 0 Å². The van der Waals surface area contributed by atoms with Crippen LogP contribution in [0.2, 0.25) is 5.28 Å². The van der Waals surface area contributed by atoms with Crippen molar-refractivity contribution in [3.8, 4) is 0 Å². The van der Waals surface area contributed by atoms with E-state index in [1.165, 1.54) is 0 Å². The molecular weight excluding hydrogens is 295 g/mol. The zero-order valence-corrected chi connectivity index (χ0v) is 12.7. The van der Waals surface area contributed by atoms with Gasteiger partial charge in [-0.25, -0.2) is 9.37 Å². The minimum absolute atomic E-state index is 0.0415. The largest absolute Gasteiger partial charge is 0.377 e. The number of fused-ring (bicyclic) bond motifs is 1. The normalized spacial score (nSPS) is 19.8. The fraction of sp³-hybridized carbons (Fsp3) is 0.500. The SMILES string of the molecule is Cc1ncc2c(N3CCCOC(C)C3)nc(Cl)nc2c1F. The lowest BCUT2D eigenvalue weighted by atomic mass is 10.2. The standard InChI is InChI=1S/C14H16ClFN4O/c1-8-7-20(4-3-5-21-8)13-10-6-17-9(2)11(16)12(10)18-14(15)19-13/h6,8H,3-5,7H2,1-2H3. The number of rotatable bonds is 1. The molecule has 1 atom stereocenters. The van der Waals surface area contributed by atoms with Crippen molar-refractivity contribution >= 4 is 28.3 Å². The second-order valence-electron chi connectivity index (χ2n) is 5.22. The van der Waals surface area contributed by atoms with E-state index >= 15 is 0 Å². The molecule has 112 valence electrons. The first-order valence-electron chi connectivity index (χ1n) is 6.91. The fourth-order valence-electron chi connectivity index (χ4n) is 2.53. The molecule has 1 unspecified atom stereocenters. The molecule has 0 saturated carbocycles. The van der Waals surface area contributed by atoms with E-state index < -0.39 is 5.82 Å². The molecular formula is C14H16ClFN4O. The summed E-state index contributed by atoms with van der Waals surface area (Å²) in [6.07, 6.45) is 2.57. The number of hydrogen-bond donors (Lipinski definition) is 0. The molecule has 1 saturated heterocycles. The van der Waals surface area contributed by atoms with Gasteiger partial charge < -0.3 is 9.64 Å². The summed E-state index contributed by atoms with van der Waals surface area (Å²) in [7, 11) is 0. The molecule has 0 spiro atoms. The number of pyridine rings is 1. The smallest absolute Gasteiger partial charge is 0.225 e. The molecule has 1 aliphatic rings. The second-order valence-corrected chi connectivity index (χ2v) is 5.56. The molecule has 21 heavy (non-hydrogen) atoms. The average molecular weight is 311 g/mol. The van der Waals surface area contributed by atoms with Gasteiger partial charge in [0.2, 0.25) is 5.28 Å². The van der Waals surface area contributed by atoms with E-state index in [0.717, 1.165) is 13.0 Å². The van der Waals surface area contributed by atoms with Crippen LogP contribution in [0.5, 0.6) is 0 Å². The molecule has 1 fully saturated rings. The first kappa shape index (κ1) is 14.4. The van der Waals surface area contributed by atoms with Crippen LogP contribution >= 0.6 is 11.6 Å². The molecule has 7 heteroatoms. The molecule has 2 aromatic rings. The van der Waals surface area contributed by atoms with Crippen LogP contribution in [0.25, 0.3) is 10.9 Å². The quantitative estimate of drug-likeness (QED) is 0.758. The number of aromatic nitrogens is 3. The summed E-state index contributed by atoms with van der Waals surface area (Å²) >= 11 is 5.98. The molecule has 0 radical (unpaired) electrons. The number of halogens is 2. The first-order valence-corrected chi connectivity index (χ1v) is 7.29. The Morgan fingerprint density at radius 1 is 1.43 bits per heavy atom. The van der Waals surface area contributed by atoms with E-state index in [0.29, 0.717) is 30.0 Å². The molecule has 1 aliphatic heterocycles. The third kappa shape index (κ3) is 2.78. The number of anilines is 1. The molecule has 0 aromatic carbocycles. The Hall–Kier alpha value is -1.53. The highest BCUT2D eigenvalue weighted by Crippen LogP contribution is 2.28. The van der Waals surface area contributed by atoms with Gasteiger partial charge >= 0.3 is 0 Å². The van der Waals surface area contributed by atoms with Crippen molar-refractivity contribution < 1.29 is 9.13 Å². The maximum Gasteiger partial charge on any atom is 0.225 e. The van der Waals surface area contributed by atoms with Gasteiger partial charge in [0.1, 0.15) is 11.3 Å². The number of ether oxygens (including phenoxy) is 1. The van der Waals surface area contributed by atoms with Crippen molar-refractivity contribution in [1.82, 2.24) is 15.0 Å². The first-order chi connectivity index (χ1) is 10.1. The monoisotopic (exact) mass is 310 g/mol. The van der Waals surface area contributed by atoms with Gasteiger partial charge in [-0.05, 0) is 31.9 Å². The van der Waals surface area contributed by atoms with Gasteiger partial charge in [-0.3, -0.25) is 4.98 Å². The van der Waals surface area contributed by atoms with E-state index in [1.54, 1.807) is 13.1 Å². The molecule has 3 rings (SSSR count). The summed E-state index contributed by atoms with van der Waals surface area (Å²) in [6, 6.07) is 0. The third-order valence-electron chi connectivity index (χ3n) is 3.56. The Labute approximate surface area is 127 Å². The van der Waals surface area contributed by atoms with Crippen LogP contribution in [0.4, 0.5) is 10.2 Å². The van der Waals surface area contributed by atoms with Gasteiger partial charge in [-0.15, -0.1) is 0 Å². The minimum Gasteiger partial charge on any atom is -0.377 e. The second kappa shape index (κ2) is 5.69. The Kier molecular flexibility index (Phi) is 3.91. The predicted octanol–water partition coefficient (Wildman–Crippen LogP) is 2.74. The lowest BCUT2D eigenvalue weighted by Crippen LogP contribution is -2.31. The van der Waals surface area contributed by atoms with Crippen LogP contribution in [-0.2, 0) is 4.74 Å². The summed E-state index contributed by atoms with van der Waals surface area (Å²) < 4.78 is 19.9. The molecule has 0 bridgehead atoms. The Morgan fingerprint density at radius 2 is 2.24 bits per heavy atom. The number of aryl methyl sites for hydroxylation is 1. The highest BCUT2D eigenvalue weighted by Gasteiger charge is 2.21. The predicted molar refractivity (Wildman–Crippen MR) is 79.3 cm³/mol. The van der Waals surface area contributed by atoms with Crippen molar-refractivity contribution in [2.24, 2.45) is 0 Å². The lowest BCUT2D eigenvalue weighted by Gasteiger charge is -2.24. The molecule has 0 aliphatic carbocycles. The van der Waals surface area contributed by atoms with Crippen LogP contribution in [0.15, 0.2) is 6.20 Å². The van der Waals surface area contributed by atoms with E-state index in [9.17, 15) is 4.39 Å². The topological polar surface area (TPSA) is 51.1 Å². The van der Waals surface area contributed by atoms with E-state index in [-0.39, 0.29) is 16.9 Å². The van der Waals surface area contributed by atoms with Crippen LogP contribution < -0.4 is 4.90 Å². The molecule has 3 heterocycles. The summed E-state index contributed by atoms with van der Waals surface area (Å²) in [6.45, 7) is 5.78. The van der Waals surface area contributed by atoms with E-state index in [4.69, 9.17) is 16.3 Å². The van der Waals surface area contributed by atoms with Crippen LogP contribution in [-0.4, -0.2) is 40.8 Å². The molecule has 0 amide bonds. The van der Waals surface area contributed by atoms with Gasteiger partial charge in [0.05, 0.1) is 17.2 Å². The van der Waals surface area contributed by atoms with E-state index in [1.807, 2.05) is 6.92 Å². The summed E-state index contributed by atoms with van der Waals surface area (Å²) in [5, 5.41) is 0.622.